The lowest BCUT2D eigenvalue weighted by atomic mass is 10.3. The van der Waals surface area contributed by atoms with E-state index in [0.717, 1.165) is 17.7 Å². The number of fused-ring (bicyclic) bond motifs is 1. The van der Waals surface area contributed by atoms with Crippen LogP contribution in [-0.2, 0) is 0 Å². The predicted molar refractivity (Wildman–Crippen MR) is 70.1 cm³/mol. The van der Waals surface area contributed by atoms with Gasteiger partial charge in [-0.05, 0) is 19.1 Å². The maximum absolute atomic E-state index is 5.66. The number of nitrogens with zero attached hydrogens (tertiary/aromatic N) is 3. The van der Waals surface area contributed by atoms with E-state index in [2.05, 4.69) is 31.7 Å². The number of nitrogens with two attached hydrogens (primary N) is 1. The molecule has 90 valence electrons. The van der Waals surface area contributed by atoms with Crippen molar-refractivity contribution in [2.75, 3.05) is 23.9 Å². The molecular weight excluding hydrogens is 236 g/mol. The van der Waals surface area contributed by atoms with Crippen LogP contribution >= 0.6 is 11.8 Å². The van der Waals surface area contributed by atoms with Crippen LogP contribution in [0.4, 0.5) is 11.8 Å². The molecule has 0 aromatic carbocycles. The molecule has 0 saturated heterocycles. The van der Waals surface area contributed by atoms with Crippen LogP contribution in [0.2, 0.25) is 0 Å². The number of rotatable bonds is 4. The van der Waals surface area contributed by atoms with Gasteiger partial charge in [0.2, 0.25) is 5.95 Å². The molecule has 0 aliphatic heterocycles. The van der Waals surface area contributed by atoms with Gasteiger partial charge < -0.3 is 11.1 Å². The Kier molecular flexibility index (Phi) is 2.36. The Bertz CT molecular complexity index is 547. The first-order chi connectivity index (χ1) is 8.22. The van der Waals surface area contributed by atoms with Gasteiger partial charge in [0, 0.05) is 11.3 Å². The third-order valence-corrected chi connectivity index (χ3v) is 4.56. The molecular formula is C10H14N6S. The monoisotopic (exact) mass is 250 g/mol. The number of anilines is 2. The number of nitrogen functional groups attached to an aromatic ring is 1. The van der Waals surface area contributed by atoms with Crippen molar-refractivity contribution in [1.29, 1.82) is 0 Å². The molecule has 4 N–H and O–H groups in total. The zero-order chi connectivity index (χ0) is 11.9. The second-order valence-electron chi connectivity index (χ2n) is 4.30. The molecule has 17 heavy (non-hydrogen) atoms. The number of aromatic nitrogens is 4. The molecule has 2 aromatic heterocycles. The van der Waals surface area contributed by atoms with Gasteiger partial charge in [-0.25, -0.2) is 0 Å². The minimum absolute atomic E-state index is 0.262. The fourth-order valence-electron chi connectivity index (χ4n) is 1.82. The highest BCUT2D eigenvalue weighted by atomic mass is 32.2. The van der Waals surface area contributed by atoms with E-state index >= 15 is 0 Å². The van der Waals surface area contributed by atoms with Crippen LogP contribution in [0.25, 0.3) is 11.0 Å². The second kappa shape index (κ2) is 3.76. The normalized spacial score (nSPS) is 17.2. The van der Waals surface area contributed by atoms with Crippen molar-refractivity contribution >= 4 is 34.6 Å². The molecule has 1 saturated carbocycles. The average molecular weight is 250 g/mol. The topological polar surface area (TPSA) is 92.5 Å². The Labute approximate surface area is 103 Å². The van der Waals surface area contributed by atoms with Gasteiger partial charge in [-0.15, -0.1) is 0 Å². The predicted octanol–water partition coefficient (Wildman–Crippen LogP) is 1.24. The molecule has 0 amide bonds. The summed E-state index contributed by atoms with van der Waals surface area (Å²) in [4.78, 5) is 8.30. The summed E-state index contributed by atoms with van der Waals surface area (Å²) >= 11 is 1.91. The van der Waals surface area contributed by atoms with Gasteiger partial charge in [-0.1, -0.05) is 0 Å². The minimum atomic E-state index is 0.262. The van der Waals surface area contributed by atoms with Crippen molar-refractivity contribution in [3.8, 4) is 0 Å². The van der Waals surface area contributed by atoms with Crippen LogP contribution in [0.1, 0.15) is 12.8 Å². The number of nitrogens with one attached hydrogen (secondary N) is 2. The number of hydrogen-bond donors (Lipinski definition) is 3. The van der Waals surface area contributed by atoms with Gasteiger partial charge in [-0.3, -0.25) is 5.10 Å². The van der Waals surface area contributed by atoms with Crippen molar-refractivity contribution < 1.29 is 0 Å². The summed E-state index contributed by atoms with van der Waals surface area (Å²) < 4.78 is 0.385. The Morgan fingerprint density at radius 2 is 2.35 bits per heavy atom. The van der Waals surface area contributed by atoms with E-state index < -0.39 is 0 Å². The molecule has 1 aliphatic carbocycles. The van der Waals surface area contributed by atoms with Crippen molar-refractivity contribution in [1.82, 2.24) is 20.2 Å². The van der Waals surface area contributed by atoms with Gasteiger partial charge in [0.05, 0.1) is 11.6 Å². The summed E-state index contributed by atoms with van der Waals surface area (Å²) in [6.07, 6.45) is 6.39. The van der Waals surface area contributed by atoms with Crippen LogP contribution in [0.15, 0.2) is 6.20 Å². The highest BCUT2D eigenvalue weighted by molar-refractivity contribution is 8.00. The molecule has 3 rings (SSSR count). The van der Waals surface area contributed by atoms with Gasteiger partial charge in [0.15, 0.2) is 5.65 Å². The summed E-state index contributed by atoms with van der Waals surface area (Å²) in [5, 5.41) is 11.0. The molecule has 1 aliphatic rings. The van der Waals surface area contributed by atoms with Crippen LogP contribution in [-0.4, -0.2) is 37.7 Å². The fraction of sp³-hybridized carbons (Fsp3) is 0.500. The molecule has 7 heteroatoms. The van der Waals surface area contributed by atoms with E-state index in [9.17, 15) is 0 Å². The molecule has 1 fully saturated rings. The Morgan fingerprint density at radius 3 is 3.06 bits per heavy atom. The summed E-state index contributed by atoms with van der Waals surface area (Å²) in [5.41, 5.74) is 6.33. The zero-order valence-corrected chi connectivity index (χ0v) is 10.3. The first-order valence-electron chi connectivity index (χ1n) is 5.48. The number of thioether (sulfide) groups is 1. The number of hydrogen-bond acceptors (Lipinski definition) is 6. The van der Waals surface area contributed by atoms with Crippen molar-refractivity contribution in [2.45, 2.75) is 17.6 Å². The van der Waals surface area contributed by atoms with Crippen molar-refractivity contribution in [3.05, 3.63) is 6.20 Å². The highest BCUT2D eigenvalue weighted by Crippen LogP contribution is 2.47. The molecule has 2 aromatic rings. The van der Waals surface area contributed by atoms with Gasteiger partial charge in [0.25, 0.3) is 0 Å². The fourth-order valence-corrected chi connectivity index (χ4v) is 2.55. The molecule has 2 heterocycles. The van der Waals surface area contributed by atoms with Crippen LogP contribution in [0, 0.1) is 0 Å². The first-order valence-corrected chi connectivity index (χ1v) is 6.70. The standard InChI is InChI=1S/C10H14N6S/c1-17-10(2-3-10)5-12-7-6-4-13-16-8(6)15-9(11)14-7/h4H,2-3,5H2,1H3,(H4,11,12,13,14,15,16). The third kappa shape index (κ3) is 1.90. The summed E-state index contributed by atoms with van der Waals surface area (Å²) in [6.45, 7) is 0.908. The quantitative estimate of drug-likeness (QED) is 0.756. The van der Waals surface area contributed by atoms with E-state index in [1.54, 1.807) is 6.20 Å². The lowest BCUT2D eigenvalue weighted by Crippen LogP contribution is -2.18. The maximum Gasteiger partial charge on any atom is 0.224 e. The maximum atomic E-state index is 5.66. The van der Waals surface area contributed by atoms with Gasteiger partial charge >= 0.3 is 0 Å². The second-order valence-corrected chi connectivity index (χ2v) is 5.58. The summed E-state index contributed by atoms with van der Waals surface area (Å²) in [6, 6.07) is 0. The zero-order valence-electron chi connectivity index (χ0n) is 9.53. The van der Waals surface area contributed by atoms with E-state index in [-0.39, 0.29) is 5.95 Å². The van der Waals surface area contributed by atoms with Crippen LogP contribution < -0.4 is 11.1 Å². The summed E-state index contributed by atoms with van der Waals surface area (Å²) in [5.74, 6) is 1.03. The van der Waals surface area contributed by atoms with Crippen molar-refractivity contribution in [3.63, 3.8) is 0 Å². The lowest BCUT2D eigenvalue weighted by molar-refractivity contribution is 0.942. The largest absolute Gasteiger partial charge is 0.368 e. The SMILES string of the molecule is CSC1(CNc2nc(N)nc3[nH]ncc23)CC1. The minimum Gasteiger partial charge on any atom is -0.368 e. The Hall–Kier alpha value is -1.50. The average Bonchev–Trinajstić information content (AvgIpc) is 2.96. The molecule has 0 atom stereocenters. The van der Waals surface area contributed by atoms with Crippen molar-refractivity contribution in [2.24, 2.45) is 0 Å². The number of aromatic amines is 1. The van der Waals surface area contributed by atoms with Crippen LogP contribution in [0.5, 0.6) is 0 Å². The lowest BCUT2D eigenvalue weighted by Gasteiger charge is -2.13. The Morgan fingerprint density at radius 1 is 1.53 bits per heavy atom. The van der Waals surface area contributed by atoms with E-state index in [4.69, 9.17) is 5.73 Å². The van der Waals surface area contributed by atoms with E-state index in [1.807, 2.05) is 11.8 Å². The van der Waals surface area contributed by atoms with Gasteiger partial charge in [-0.2, -0.15) is 26.8 Å². The Balaban J connectivity index is 1.86. The molecule has 0 radical (unpaired) electrons. The van der Waals surface area contributed by atoms with E-state index in [0.29, 0.717) is 10.4 Å². The van der Waals surface area contributed by atoms with Crippen LogP contribution in [0.3, 0.4) is 0 Å². The summed E-state index contributed by atoms with van der Waals surface area (Å²) in [7, 11) is 0. The molecule has 0 bridgehead atoms. The first kappa shape index (κ1) is 10.6. The molecule has 6 nitrogen and oxygen atoms in total. The smallest absolute Gasteiger partial charge is 0.224 e. The molecule has 0 unspecified atom stereocenters. The van der Waals surface area contributed by atoms with Gasteiger partial charge in [0.1, 0.15) is 5.82 Å². The number of H-pyrrole nitrogens is 1. The molecule has 0 spiro atoms. The van der Waals surface area contributed by atoms with E-state index in [1.165, 1.54) is 12.8 Å². The highest BCUT2D eigenvalue weighted by Gasteiger charge is 2.41. The third-order valence-electron chi connectivity index (χ3n) is 3.15.